The van der Waals surface area contributed by atoms with Gasteiger partial charge in [-0.1, -0.05) is 20.8 Å². The van der Waals surface area contributed by atoms with E-state index >= 15 is 0 Å². The van der Waals surface area contributed by atoms with Crippen molar-refractivity contribution in [1.82, 2.24) is 24.6 Å². The van der Waals surface area contributed by atoms with Crippen molar-refractivity contribution in [2.24, 2.45) is 18.4 Å². The number of hydrogen-bond acceptors (Lipinski definition) is 4. The third-order valence-corrected chi connectivity index (χ3v) is 5.45. The van der Waals surface area contributed by atoms with Crippen LogP contribution in [0.2, 0.25) is 0 Å². The fourth-order valence-electron chi connectivity index (χ4n) is 4.01. The van der Waals surface area contributed by atoms with Crippen LogP contribution in [0.4, 0.5) is 0 Å². The number of nitrogens with zero attached hydrogens (tertiary/aromatic N) is 5. The van der Waals surface area contributed by atoms with Gasteiger partial charge in [0.15, 0.2) is 0 Å². The third-order valence-electron chi connectivity index (χ3n) is 5.45. The van der Waals surface area contributed by atoms with Crippen molar-refractivity contribution in [3.63, 3.8) is 0 Å². The Balaban J connectivity index is 1.84. The number of rotatable bonds is 3. The normalized spacial score (nSPS) is 18.0. The predicted octanol–water partition coefficient (Wildman–Crippen LogP) is 3.32. The van der Waals surface area contributed by atoms with Crippen molar-refractivity contribution in [3.8, 4) is 11.3 Å². The minimum Gasteiger partial charge on any atom is -0.342 e. The lowest BCUT2D eigenvalue weighted by Crippen LogP contribution is -2.45. The van der Waals surface area contributed by atoms with E-state index < -0.39 is 0 Å². The number of hydrogen-bond donors (Lipinski definition) is 0. The SMILES string of the molecule is Cc1nn(C)c(C)c1-c1nccnc1C[C@@H]1CCCN(C(=O)C(C)(C)C)C1. The first-order valence-electron chi connectivity index (χ1n) is 9.78. The van der Waals surface area contributed by atoms with Crippen molar-refractivity contribution in [1.29, 1.82) is 0 Å². The number of carbonyl (C=O) groups is 1. The highest BCUT2D eigenvalue weighted by Gasteiger charge is 2.31. The van der Waals surface area contributed by atoms with Crippen molar-refractivity contribution >= 4 is 5.91 Å². The van der Waals surface area contributed by atoms with Gasteiger partial charge in [-0.2, -0.15) is 5.10 Å². The minimum absolute atomic E-state index is 0.241. The number of aryl methyl sites for hydroxylation is 2. The maximum atomic E-state index is 12.7. The summed E-state index contributed by atoms with van der Waals surface area (Å²) in [6.07, 6.45) is 6.52. The highest BCUT2D eigenvalue weighted by atomic mass is 16.2. The van der Waals surface area contributed by atoms with Crippen LogP contribution >= 0.6 is 0 Å². The predicted molar refractivity (Wildman–Crippen MR) is 106 cm³/mol. The molecule has 2 aromatic heterocycles. The molecule has 3 rings (SSSR count). The smallest absolute Gasteiger partial charge is 0.227 e. The lowest BCUT2D eigenvalue weighted by Gasteiger charge is -2.36. The molecule has 0 radical (unpaired) electrons. The summed E-state index contributed by atoms with van der Waals surface area (Å²) in [5.41, 5.74) is 4.77. The number of amides is 1. The zero-order valence-electron chi connectivity index (χ0n) is 17.4. The Kier molecular flexibility index (Phi) is 5.36. The summed E-state index contributed by atoms with van der Waals surface area (Å²) in [5.74, 6) is 0.656. The molecule has 1 aliphatic rings. The molecule has 1 fully saturated rings. The van der Waals surface area contributed by atoms with E-state index in [1.54, 1.807) is 12.4 Å². The van der Waals surface area contributed by atoms with Crippen LogP contribution in [0.15, 0.2) is 12.4 Å². The average Bonchev–Trinajstić information content (AvgIpc) is 2.86. The summed E-state index contributed by atoms with van der Waals surface area (Å²) in [5, 5.41) is 4.53. The van der Waals surface area contributed by atoms with Gasteiger partial charge in [-0.05, 0) is 39.0 Å². The summed E-state index contributed by atoms with van der Waals surface area (Å²) in [6.45, 7) is 11.7. The second-order valence-corrected chi connectivity index (χ2v) is 8.73. The Hall–Kier alpha value is -2.24. The first kappa shape index (κ1) is 19.5. The molecule has 3 heterocycles. The van der Waals surface area contributed by atoms with E-state index in [1.807, 2.05) is 44.3 Å². The molecule has 0 spiro atoms. The van der Waals surface area contributed by atoms with E-state index in [9.17, 15) is 4.79 Å². The molecule has 1 saturated heterocycles. The van der Waals surface area contributed by atoms with E-state index in [4.69, 9.17) is 0 Å². The van der Waals surface area contributed by atoms with Crippen molar-refractivity contribution < 1.29 is 4.79 Å². The van der Waals surface area contributed by atoms with Gasteiger partial charge < -0.3 is 4.90 Å². The molecule has 0 saturated carbocycles. The van der Waals surface area contributed by atoms with Crippen LogP contribution in [-0.4, -0.2) is 43.6 Å². The molecule has 0 N–H and O–H groups in total. The number of likely N-dealkylation sites (tertiary alicyclic amines) is 1. The Morgan fingerprint density at radius 2 is 1.93 bits per heavy atom. The molecule has 6 nitrogen and oxygen atoms in total. The van der Waals surface area contributed by atoms with Gasteiger partial charge in [-0.15, -0.1) is 0 Å². The Bertz CT molecular complexity index is 834. The van der Waals surface area contributed by atoms with Crippen molar-refractivity contribution in [2.45, 2.75) is 53.9 Å². The Labute approximate surface area is 162 Å². The molecule has 27 heavy (non-hydrogen) atoms. The fraction of sp³-hybridized carbons (Fsp3) is 0.619. The van der Waals surface area contributed by atoms with Gasteiger partial charge in [0.2, 0.25) is 5.91 Å². The van der Waals surface area contributed by atoms with E-state index in [0.29, 0.717) is 5.92 Å². The average molecular weight is 370 g/mol. The quantitative estimate of drug-likeness (QED) is 0.832. The summed E-state index contributed by atoms with van der Waals surface area (Å²) in [6, 6.07) is 0. The third kappa shape index (κ3) is 4.04. The monoisotopic (exact) mass is 369 g/mol. The van der Waals surface area contributed by atoms with Crippen LogP contribution in [0.3, 0.4) is 0 Å². The molecule has 1 amide bonds. The molecular formula is C21H31N5O. The lowest BCUT2D eigenvalue weighted by atomic mass is 9.88. The van der Waals surface area contributed by atoms with Crippen LogP contribution in [0, 0.1) is 25.2 Å². The number of aromatic nitrogens is 4. The molecule has 6 heteroatoms. The molecule has 146 valence electrons. The first-order valence-corrected chi connectivity index (χ1v) is 9.78. The van der Waals surface area contributed by atoms with Gasteiger partial charge in [0, 0.05) is 49.2 Å². The molecule has 0 aliphatic carbocycles. The standard InChI is InChI=1S/C21H31N5O/c1-14-18(15(2)25(6)24-14)19-17(22-9-10-23-19)12-16-8-7-11-26(13-16)20(27)21(3,4)5/h9-10,16H,7-8,11-13H2,1-6H3/t16-/m0/s1. The zero-order chi connectivity index (χ0) is 19.8. The van der Waals surface area contributed by atoms with Crippen LogP contribution in [0.1, 0.15) is 50.7 Å². The zero-order valence-corrected chi connectivity index (χ0v) is 17.4. The van der Waals surface area contributed by atoms with Crippen LogP contribution < -0.4 is 0 Å². The highest BCUT2D eigenvalue weighted by molar-refractivity contribution is 5.81. The van der Waals surface area contributed by atoms with Crippen LogP contribution in [-0.2, 0) is 18.3 Å². The van der Waals surface area contributed by atoms with Gasteiger partial charge in [-0.3, -0.25) is 19.4 Å². The topological polar surface area (TPSA) is 63.9 Å². The molecule has 0 aromatic carbocycles. The van der Waals surface area contributed by atoms with E-state index in [-0.39, 0.29) is 11.3 Å². The first-order chi connectivity index (χ1) is 12.7. The maximum absolute atomic E-state index is 12.7. The summed E-state index contributed by atoms with van der Waals surface area (Å²) >= 11 is 0. The summed E-state index contributed by atoms with van der Waals surface area (Å²) in [7, 11) is 1.96. The van der Waals surface area contributed by atoms with Gasteiger partial charge in [0.1, 0.15) is 0 Å². The Morgan fingerprint density at radius 1 is 1.22 bits per heavy atom. The molecule has 0 unspecified atom stereocenters. The largest absolute Gasteiger partial charge is 0.342 e. The van der Waals surface area contributed by atoms with E-state index in [0.717, 1.165) is 60.7 Å². The molecule has 1 atom stereocenters. The highest BCUT2D eigenvalue weighted by Crippen LogP contribution is 2.30. The van der Waals surface area contributed by atoms with Gasteiger partial charge in [0.25, 0.3) is 0 Å². The fourth-order valence-corrected chi connectivity index (χ4v) is 4.01. The van der Waals surface area contributed by atoms with Crippen LogP contribution in [0.5, 0.6) is 0 Å². The van der Waals surface area contributed by atoms with Gasteiger partial charge >= 0.3 is 0 Å². The van der Waals surface area contributed by atoms with Crippen molar-refractivity contribution in [3.05, 3.63) is 29.5 Å². The molecule has 1 aliphatic heterocycles. The summed E-state index contributed by atoms with van der Waals surface area (Å²) < 4.78 is 1.90. The molecular weight excluding hydrogens is 338 g/mol. The van der Waals surface area contributed by atoms with Crippen LogP contribution in [0.25, 0.3) is 11.3 Å². The van der Waals surface area contributed by atoms with E-state index in [2.05, 4.69) is 22.0 Å². The second kappa shape index (κ2) is 7.41. The number of carbonyl (C=O) groups excluding carboxylic acids is 1. The second-order valence-electron chi connectivity index (χ2n) is 8.73. The molecule has 2 aromatic rings. The van der Waals surface area contributed by atoms with Gasteiger partial charge in [0.05, 0.1) is 17.1 Å². The Morgan fingerprint density at radius 3 is 2.56 bits per heavy atom. The maximum Gasteiger partial charge on any atom is 0.227 e. The number of piperidine rings is 1. The van der Waals surface area contributed by atoms with E-state index in [1.165, 1.54) is 0 Å². The summed E-state index contributed by atoms with van der Waals surface area (Å²) in [4.78, 5) is 24.0. The van der Waals surface area contributed by atoms with Crippen molar-refractivity contribution in [2.75, 3.05) is 13.1 Å². The lowest BCUT2D eigenvalue weighted by molar-refractivity contribution is -0.141. The minimum atomic E-state index is -0.330. The van der Waals surface area contributed by atoms with Gasteiger partial charge in [-0.25, -0.2) is 0 Å². The molecule has 0 bridgehead atoms.